The van der Waals surface area contributed by atoms with Crippen LogP contribution in [-0.4, -0.2) is 46.2 Å². The van der Waals surface area contributed by atoms with Gasteiger partial charge in [0, 0.05) is 36.6 Å². The lowest BCUT2D eigenvalue weighted by atomic mass is 10.1. The van der Waals surface area contributed by atoms with Crippen LogP contribution in [0.4, 0.5) is 5.82 Å². The van der Waals surface area contributed by atoms with Crippen LogP contribution >= 0.6 is 11.8 Å². The van der Waals surface area contributed by atoms with E-state index in [1.807, 2.05) is 13.1 Å². The number of hydrogen-bond donors (Lipinski definition) is 1. The first kappa shape index (κ1) is 14.5. The van der Waals surface area contributed by atoms with Crippen molar-refractivity contribution in [2.45, 2.75) is 38.6 Å². The summed E-state index contributed by atoms with van der Waals surface area (Å²) in [6, 6.07) is 2.10. The molecule has 1 fully saturated rings. The number of anilines is 1. The first-order valence-corrected chi connectivity index (χ1v) is 8.82. The van der Waals surface area contributed by atoms with Gasteiger partial charge in [-0.25, -0.2) is 0 Å². The number of H-pyrrole nitrogens is 1. The summed E-state index contributed by atoms with van der Waals surface area (Å²) in [4.78, 5) is 9.44. The Morgan fingerprint density at radius 2 is 2.00 bits per heavy atom. The highest BCUT2D eigenvalue weighted by Crippen LogP contribution is 2.33. The maximum absolute atomic E-state index is 4.67. The Morgan fingerprint density at radius 1 is 1.24 bits per heavy atom. The highest BCUT2D eigenvalue weighted by atomic mass is 32.2. The van der Waals surface area contributed by atoms with Crippen LogP contribution in [0, 0.1) is 6.92 Å². The first-order chi connectivity index (χ1) is 10.2. The van der Waals surface area contributed by atoms with Crippen LogP contribution < -0.4 is 4.90 Å². The van der Waals surface area contributed by atoms with Crippen molar-refractivity contribution in [3.05, 3.63) is 23.2 Å². The third-order valence-corrected chi connectivity index (χ3v) is 4.76. The Labute approximate surface area is 130 Å². The van der Waals surface area contributed by atoms with Gasteiger partial charge in [-0.15, -0.1) is 11.8 Å². The molecule has 5 nitrogen and oxygen atoms in total. The Balaban J connectivity index is 1.99. The smallest absolute Gasteiger partial charge is 0.175 e. The molecule has 0 radical (unpaired) electrons. The molecule has 0 saturated carbocycles. The summed E-state index contributed by atoms with van der Waals surface area (Å²) in [5.74, 6) is 2.24. The van der Waals surface area contributed by atoms with E-state index in [0.717, 1.165) is 24.6 Å². The molecule has 1 aromatic rings. The van der Waals surface area contributed by atoms with Crippen LogP contribution in [0.1, 0.15) is 31.9 Å². The summed E-state index contributed by atoms with van der Waals surface area (Å²) in [5.41, 5.74) is 2.37. The summed E-state index contributed by atoms with van der Waals surface area (Å²) < 4.78 is 0. The largest absolute Gasteiger partial charge is 0.358 e. The standard InChI is InChI=1S/C15H23N5S/c1-11-10-16-15(21-3)20(13-9-12(2)17-18-13)14(11)19-7-5-4-6-8-19/h9-10,15H,4-8H2,1-3H3,(H,17,18). The topological polar surface area (TPSA) is 47.5 Å². The minimum Gasteiger partial charge on any atom is -0.358 e. The normalized spacial score (nSPS) is 23.1. The summed E-state index contributed by atoms with van der Waals surface area (Å²) in [5, 5.41) is 7.53. The van der Waals surface area contributed by atoms with E-state index >= 15 is 0 Å². The number of likely N-dealkylation sites (tertiary alicyclic amines) is 1. The van der Waals surface area contributed by atoms with Crippen LogP contribution in [0.25, 0.3) is 0 Å². The second-order valence-corrected chi connectivity index (χ2v) is 6.57. The van der Waals surface area contributed by atoms with E-state index in [0.29, 0.717) is 0 Å². The zero-order valence-electron chi connectivity index (χ0n) is 13.0. The highest BCUT2D eigenvalue weighted by Gasteiger charge is 2.31. The van der Waals surface area contributed by atoms with Gasteiger partial charge < -0.3 is 4.90 Å². The minimum atomic E-state index is 0.0633. The Morgan fingerprint density at radius 3 is 2.62 bits per heavy atom. The van der Waals surface area contributed by atoms with Crippen LogP contribution in [0.3, 0.4) is 0 Å². The third-order valence-electron chi connectivity index (χ3n) is 4.00. The van der Waals surface area contributed by atoms with Crippen LogP contribution in [0.15, 0.2) is 22.5 Å². The molecule has 0 spiro atoms. The molecule has 114 valence electrons. The van der Waals surface area contributed by atoms with Crippen LogP contribution in [0.5, 0.6) is 0 Å². The predicted molar refractivity (Wildman–Crippen MR) is 89.7 cm³/mol. The maximum Gasteiger partial charge on any atom is 0.175 e. The van der Waals surface area contributed by atoms with Gasteiger partial charge in [-0.05, 0) is 39.4 Å². The number of piperidine rings is 1. The van der Waals surface area contributed by atoms with E-state index < -0.39 is 0 Å². The predicted octanol–water partition coefficient (Wildman–Crippen LogP) is 2.97. The van der Waals surface area contributed by atoms with Crippen molar-refractivity contribution in [3.63, 3.8) is 0 Å². The molecule has 2 aliphatic rings. The highest BCUT2D eigenvalue weighted by molar-refractivity contribution is 7.99. The number of aromatic amines is 1. The average Bonchev–Trinajstić information content (AvgIpc) is 2.94. The van der Waals surface area contributed by atoms with Gasteiger partial charge in [0.2, 0.25) is 0 Å². The molecular weight excluding hydrogens is 282 g/mol. The minimum absolute atomic E-state index is 0.0633. The molecule has 2 aliphatic heterocycles. The summed E-state index contributed by atoms with van der Waals surface area (Å²) in [7, 11) is 0. The van der Waals surface area contributed by atoms with Gasteiger partial charge >= 0.3 is 0 Å². The fourth-order valence-corrected chi connectivity index (χ4v) is 3.62. The van der Waals surface area contributed by atoms with Gasteiger partial charge in [0.25, 0.3) is 0 Å². The number of allylic oxidation sites excluding steroid dienone is 1. The summed E-state index contributed by atoms with van der Waals surface area (Å²) >= 11 is 1.74. The van der Waals surface area contributed by atoms with Crippen LogP contribution in [0.2, 0.25) is 0 Å². The lowest BCUT2D eigenvalue weighted by Gasteiger charge is -2.41. The molecule has 1 aromatic heterocycles. The Bertz CT molecular complexity index is 556. The van der Waals surface area contributed by atoms with Crippen molar-refractivity contribution in [3.8, 4) is 0 Å². The molecule has 3 heterocycles. The second-order valence-electron chi connectivity index (χ2n) is 5.67. The molecule has 0 aliphatic carbocycles. The molecule has 1 N–H and O–H groups in total. The zero-order valence-corrected chi connectivity index (χ0v) is 13.8. The number of aryl methyl sites for hydroxylation is 1. The van der Waals surface area contributed by atoms with E-state index in [4.69, 9.17) is 0 Å². The molecule has 1 atom stereocenters. The van der Waals surface area contributed by atoms with Crippen molar-refractivity contribution in [1.29, 1.82) is 0 Å². The van der Waals surface area contributed by atoms with Gasteiger partial charge in [0.05, 0.1) is 0 Å². The monoisotopic (exact) mass is 305 g/mol. The third kappa shape index (κ3) is 2.81. The molecular formula is C15H23N5S. The molecule has 0 bridgehead atoms. The molecule has 0 aromatic carbocycles. The number of aromatic nitrogens is 2. The summed E-state index contributed by atoms with van der Waals surface area (Å²) in [6.07, 6.45) is 7.99. The molecule has 3 rings (SSSR count). The molecule has 1 unspecified atom stereocenters. The lowest BCUT2D eigenvalue weighted by molar-refractivity contribution is 0.274. The fraction of sp³-hybridized carbons (Fsp3) is 0.600. The van der Waals surface area contributed by atoms with E-state index in [9.17, 15) is 0 Å². The molecule has 1 saturated heterocycles. The van der Waals surface area contributed by atoms with Gasteiger partial charge in [0.1, 0.15) is 5.82 Å². The Hall–Kier alpha value is -1.43. The van der Waals surface area contributed by atoms with E-state index in [1.165, 1.54) is 30.7 Å². The Kier molecular flexibility index (Phi) is 4.24. The van der Waals surface area contributed by atoms with Crippen molar-refractivity contribution in [2.75, 3.05) is 24.2 Å². The van der Waals surface area contributed by atoms with Crippen molar-refractivity contribution in [2.24, 2.45) is 4.99 Å². The number of rotatable bonds is 3. The lowest BCUT2D eigenvalue weighted by Crippen LogP contribution is -2.44. The second kappa shape index (κ2) is 6.13. The number of nitrogens with one attached hydrogen (secondary N) is 1. The first-order valence-electron chi connectivity index (χ1n) is 7.54. The van der Waals surface area contributed by atoms with Gasteiger partial charge in [0.15, 0.2) is 11.3 Å². The van der Waals surface area contributed by atoms with Crippen molar-refractivity contribution in [1.82, 2.24) is 15.1 Å². The number of thioether (sulfide) groups is 1. The molecule has 21 heavy (non-hydrogen) atoms. The quantitative estimate of drug-likeness (QED) is 0.932. The molecule has 6 heteroatoms. The average molecular weight is 305 g/mol. The maximum atomic E-state index is 4.67. The van der Waals surface area contributed by atoms with Gasteiger partial charge in [-0.1, -0.05) is 0 Å². The van der Waals surface area contributed by atoms with Crippen LogP contribution in [-0.2, 0) is 0 Å². The fourth-order valence-electron chi connectivity index (χ4n) is 3.02. The van der Waals surface area contributed by atoms with Crippen molar-refractivity contribution >= 4 is 23.8 Å². The number of aliphatic imine (C=N–C) groups is 1. The van der Waals surface area contributed by atoms with Gasteiger partial charge in [-0.3, -0.25) is 15.0 Å². The SMILES string of the molecule is CSC1N=CC(C)=C(N2CCCCC2)N1c1cc(C)[nH]n1. The van der Waals surface area contributed by atoms with E-state index in [1.54, 1.807) is 11.8 Å². The molecule has 0 amide bonds. The number of hydrogen-bond acceptors (Lipinski definition) is 5. The van der Waals surface area contributed by atoms with E-state index in [-0.39, 0.29) is 5.50 Å². The van der Waals surface area contributed by atoms with E-state index in [2.05, 4.69) is 44.2 Å². The zero-order chi connectivity index (χ0) is 14.8. The van der Waals surface area contributed by atoms with Gasteiger partial charge in [-0.2, -0.15) is 5.10 Å². The summed E-state index contributed by atoms with van der Waals surface area (Å²) in [6.45, 7) is 6.44. The van der Waals surface area contributed by atoms with Crippen molar-refractivity contribution < 1.29 is 0 Å². The number of nitrogens with zero attached hydrogens (tertiary/aromatic N) is 4.